The maximum atomic E-state index is 13.1. The Labute approximate surface area is 150 Å². The first-order valence-electron chi connectivity index (χ1n) is 8.28. The van der Waals surface area contributed by atoms with Crippen molar-refractivity contribution in [3.8, 4) is 0 Å². The van der Waals surface area contributed by atoms with Crippen LogP contribution in [0.3, 0.4) is 0 Å². The van der Waals surface area contributed by atoms with E-state index in [1.807, 2.05) is 30.3 Å². The summed E-state index contributed by atoms with van der Waals surface area (Å²) in [5, 5.41) is 8.75. The quantitative estimate of drug-likeness (QED) is 0.660. The standard InChI is InChI=1S/C19H20N4O3/c1-5-11-22(15-9-7-6-8-10-15)18(24)13(3)23-19(25)17-16(12(2)20-23)14(4)26-21-17/h5-10,13H,1,11H2,2-4H3/t13-/m1/s1. The van der Waals surface area contributed by atoms with Crippen molar-refractivity contribution in [2.75, 3.05) is 11.4 Å². The molecule has 134 valence electrons. The number of carbonyl (C=O) groups excluding carboxylic acids is 1. The first-order chi connectivity index (χ1) is 12.5. The van der Waals surface area contributed by atoms with Gasteiger partial charge in [0.15, 0.2) is 5.52 Å². The minimum Gasteiger partial charge on any atom is -0.360 e. The molecule has 0 saturated carbocycles. The highest BCUT2D eigenvalue weighted by Gasteiger charge is 2.26. The fraction of sp³-hybridized carbons (Fsp3) is 0.263. The number of para-hydroxylation sites is 1. The van der Waals surface area contributed by atoms with Gasteiger partial charge in [0.1, 0.15) is 11.8 Å². The second-order valence-corrected chi connectivity index (χ2v) is 6.05. The van der Waals surface area contributed by atoms with Gasteiger partial charge < -0.3 is 9.42 Å². The van der Waals surface area contributed by atoms with Gasteiger partial charge in [0.2, 0.25) is 0 Å². The van der Waals surface area contributed by atoms with Crippen LogP contribution in [0.2, 0.25) is 0 Å². The molecule has 3 rings (SSSR count). The van der Waals surface area contributed by atoms with Crippen LogP contribution in [0.5, 0.6) is 0 Å². The van der Waals surface area contributed by atoms with Gasteiger partial charge in [-0.2, -0.15) is 5.10 Å². The van der Waals surface area contributed by atoms with Gasteiger partial charge >= 0.3 is 0 Å². The Morgan fingerprint density at radius 2 is 2.04 bits per heavy atom. The predicted molar refractivity (Wildman–Crippen MR) is 99.2 cm³/mol. The van der Waals surface area contributed by atoms with Crippen LogP contribution in [0.25, 0.3) is 10.9 Å². The molecule has 1 atom stereocenters. The molecule has 0 saturated heterocycles. The molecule has 1 aromatic carbocycles. The Morgan fingerprint density at radius 3 is 2.69 bits per heavy atom. The van der Waals surface area contributed by atoms with Crippen molar-refractivity contribution in [2.24, 2.45) is 0 Å². The van der Waals surface area contributed by atoms with E-state index < -0.39 is 11.6 Å². The number of anilines is 1. The van der Waals surface area contributed by atoms with Crippen molar-refractivity contribution in [3.05, 3.63) is 64.8 Å². The van der Waals surface area contributed by atoms with Gasteiger partial charge in [-0.25, -0.2) is 4.68 Å². The van der Waals surface area contributed by atoms with Crippen LogP contribution in [-0.2, 0) is 4.79 Å². The van der Waals surface area contributed by atoms with Gasteiger partial charge in [-0.05, 0) is 32.9 Å². The average molecular weight is 352 g/mol. The molecule has 2 aromatic heterocycles. The van der Waals surface area contributed by atoms with E-state index in [1.165, 1.54) is 4.68 Å². The molecule has 1 amide bonds. The highest BCUT2D eigenvalue weighted by Crippen LogP contribution is 2.20. The normalized spacial score (nSPS) is 12.1. The number of aryl methyl sites for hydroxylation is 2. The lowest BCUT2D eigenvalue weighted by molar-refractivity contribution is -0.121. The summed E-state index contributed by atoms with van der Waals surface area (Å²) in [7, 11) is 0. The molecule has 0 fully saturated rings. The predicted octanol–water partition coefficient (Wildman–Crippen LogP) is 2.78. The molecule has 0 aliphatic carbocycles. The zero-order valence-corrected chi connectivity index (χ0v) is 15.0. The third kappa shape index (κ3) is 2.92. The van der Waals surface area contributed by atoms with Crippen LogP contribution in [-0.4, -0.2) is 27.4 Å². The van der Waals surface area contributed by atoms with E-state index in [0.29, 0.717) is 23.4 Å². The number of carbonyl (C=O) groups is 1. The van der Waals surface area contributed by atoms with Crippen LogP contribution in [0, 0.1) is 13.8 Å². The van der Waals surface area contributed by atoms with Gasteiger partial charge in [-0.15, -0.1) is 6.58 Å². The average Bonchev–Trinajstić information content (AvgIpc) is 3.05. The third-order valence-electron chi connectivity index (χ3n) is 4.26. The number of aromatic nitrogens is 3. The Hall–Kier alpha value is -3.22. The van der Waals surface area contributed by atoms with Crippen molar-refractivity contribution < 1.29 is 9.32 Å². The molecule has 0 unspecified atom stereocenters. The van der Waals surface area contributed by atoms with Gasteiger partial charge in [0.25, 0.3) is 11.5 Å². The lowest BCUT2D eigenvalue weighted by Crippen LogP contribution is -2.40. The molecular formula is C19H20N4O3. The maximum Gasteiger partial charge on any atom is 0.297 e. The Morgan fingerprint density at radius 1 is 1.35 bits per heavy atom. The first kappa shape index (κ1) is 17.6. The molecule has 3 aromatic rings. The number of amides is 1. The molecule has 2 heterocycles. The van der Waals surface area contributed by atoms with Crippen LogP contribution in [0.1, 0.15) is 24.4 Å². The van der Waals surface area contributed by atoms with Gasteiger partial charge in [0.05, 0.1) is 11.1 Å². The second kappa shape index (κ2) is 6.95. The molecule has 7 heteroatoms. The molecule has 26 heavy (non-hydrogen) atoms. The summed E-state index contributed by atoms with van der Waals surface area (Å²) < 4.78 is 6.28. The van der Waals surface area contributed by atoms with Crippen molar-refractivity contribution in [1.82, 2.24) is 14.9 Å². The molecule has 0 aliphatic rings. The van der Waals surface area contributed by atoms with Crippen LogP contribution < -0.4 is 10.5 Å². The van der Waals surface area contributed by atoms with Crippen molar-refractivity contribution in [2.45, 2.75) is 26.8 Å². The molecule has 0 aliphatic heterocycles. The smallest absolute Gasteiger partial charge is 0.297 e. The maximum absolute atomic E-state index is 13.1. The van der Waals surface area contributed by atoms with Crippen molar-refractivity contribution in [1.29, 1.82) is 0 Å². The summed E-state index contributed by atoms with van der Waals surface area (Å²) in [5.74, 6) is 0.274. The van der Waals surface area contributed by atoms with Gasteiger partial charge in [-0.1, -0.05) is 29.4 Å². The molecular weight excluding hydrogens is 332 g/mol. The van der Waals surface area contributed by atoms with E-state index in [9.17, 15) is 9.59 Å². The molecule has 0 bridgehead atoms. The van der Waals surface area contributed by atoms with E-state index in [4.69, 9.17) is 4.52 Å². The lowest BCUT2D eigenvalue weighted by atomic mass is 10.2. The monoisotopic (exact) mass is 352 g/mol. The van der Waals surface area contributed by atoms with Crippen LogP contribution >= 0.6 is 0 Å². The van der Waals surface area contributed by atoms with Gasteiger partial charge in [0, 0.05) is 12.2 Å². The van der Waals surface area contributed by atoms with Crippen LogP contribution in [0.4, 0.5) is 5.69 Å². The van der Waals surface area contributed by atoms with Crippen molar-refractivity contribution in [3.63, 3.8) is 0 Å². The Balaban J connectivity index is 2.05. The van der Waals surface area contributed by atoms with Crippen molar-refractivity contribution >= 4 is 22.5 Å². The summed E-state index contributed by atoms with van der Waals surface area (Å²) in [4.78, 5) is 27.4. The SMILES string of the molecule is C=CCN(C(=O)[C@@H](C)n1nc(C)c2c(C)onc2c1=O)c1ccccc1. The molecule has 7 nitrogen and oxygen atoms in total. The number of fused-ring (bicyclic) bond motifs is 1. The molecule has 0 spiro atoms. The lowest BCUT2D eigenvalue weighted by Gasteiger charge is -2.25. The zero-order valence-electron chi connectivity index (χ0n) is 15.0. The van der Waals surface area contributed by atoms with E-state index in [-0.39, 0.29) is 11.4 Å². The van der Waals surface area contributed by atoms with Crippen LogP contribution in [0.15, 0.2) is 52.3 Å². The fourth-order valence-corrected chi connectivity index (χ4v) is 2.96. The minimum atomic E-state index is -0.803. The highest BCUT2D eigenvalue weighted by molar-refractivity contribution is 5.96. The third-order valence-corrected chi connectivity index (χ3v) is 4.26. The number of benzene rings is 1. The minimum absolute atomic E-state index is 0.185. The largest absolute Gasteiger partial charge is 0.360 e. The Bertz CT molecular complexity index is 1020. The zero-order chi connectivity index (χ0) is 18.8. The second-order valence-electron chi connectivity index (χ2n) is 6.05. The summed E-state index contributed by atoms with van der Waals surface area (Å²) >= 11 is 0. The summed E-state index contributed by atoms with van der Waals surface area (Å²) in [6.07, 6.45) is 1.64. The topological polar surface area (TPSA) is 81.2 Å². The van der Waals surface area contributed by atoms with E-state index >= 15 is 0 Å². The summed E-state index contributed by atoms with van der Waals surface area (Å²) in [5.41, 5.74) is 1.06. The van der Waals surface area contributed by atoms with E-state index in [0.717, 1.165) is 5.69 Å². The molecule has 0 N–H and O–H groups in total. The molecule has 0 radical (unpaired) electrons. The Kier molecular flexibility index (Phi) is 4.71. The summed E-state index contributed by atoms with van der Waals surface area (Å²) in [6.45, 7) is 9.18. The van der Waals surface area contributed by atoms with Gasteiger partial charge in [-0.3, -0.25) is 9.59 Å². The van der Waals surface area contributed by atoms with E-state index in [2.05, 4.69) is 16.8 Å². The summed E-state index contributed by atoms with van der Waals surface area (Å²) in [6, 6.07) is 8.44. The number of hydrogen-bond donors (Lipinski definition) is 0. The highest BCUT2D eigenvalue weighted by atomic mass is 16.5. The number of nitrogens with zero attached hydrogens (tertiary/aromatic N) is 4. The first-order valence-corrected chi connectivity index (χ1v) is 8.28. The van der Waals surface area contributed by atoms with E-state index in [1.54, 1.807) is 31.7 Å². The fourth-order valence-electron chi connectivity index (χ4n) is 2.96. The number of hydrogen-bond acceptors (Lipinski definition) is 5. The number of rotatable bonds is 5.